The van der Waals surface area contributed by atoms with Gasteiger partial charge in [-0.15, -0.1) is 0 Å². The quantitative estimate of drug-likeness (QED) is 0.449. The number of hydrogen-bond acceptors (Lipinski definition) is 4. The maximum absolute atomic E-state index is 14.3. The monoisotopic (exact) mass is 458 g/mol. The fourth-order valence-corrected chi connectivity index (χ4v) is 4.23. The Morgan fingerprint density at radius 1 is 1.06 bits per heavy atom. The molecule has 4 nitrogen and oxygen atoms in total. The maximum atomic E-state index is 14.3. The van der Waals surface area contributed by atoms with Crippen LogP contribution < -0.4 is 11.1 Å². The average Bonchev–Trinajstić information content (AvgIpc) is 2.76. The topological polar surface area (TPSA) is 63.8 Å². The van der Waals surface area contributed by atoms with Crippen molar-refractivity contribution in [2.24, 2.45) is 11.7 Å². The minimum atomic E-state index is -0.482. The molecule has 1 aliphatic rings. The second-order valence-electron chi connectivity index (χ2n) is 8.15. The molecule has 0 radical (unpaired) electrons. The highest BCUT2D eigenvalue weighted by atomic mass is 35.5. The summed E-state index contributed by atoms with van der Waals surface area (Å²) in [4.78, 5) is 8.92. The minimum Gasteiger partial charge on any atom is -0.364 e. The van der Waals surface area contributed by atoms with E-state index in [0.717, 1.165) is 37.8 Å². The Balaban J connectivity index is 0.00000289. The summed E-state index contributed by atoms with van der Waals surface area (Å²) in [5.41, 5.74) is 8.92. The van der Waals surface area contributed by atoms with Crippen LogP contribution in [0.2, 0.25) is 5.02 Å². The first-order valence-corrected chi connectivity index (χ1v) is 10.9. The third-order valence-electron chi connectivity index (χ3n) is 5.77. The molecule has 0 saturated heterocycles. The Morgan fingerprint density at radius 3 is 2.59 bits per heavy atom. The number of pyridine rings is 2. The molecule has 4 rings (SSSR count). The van der Waals surface area contributed by atoms with E-state index >= 15 is 0 Å². The Hall–Kier alpha value is -2.57. The Morgan fingerprint density at radius 2 is 1.84 bits per heavy atom. The minimum absolute atomic E-state index is 0. The van der Waals surface area contributed by atoms with E-state index in [1.54, 1.807) is 24.4 Å². The van der Waals surface area contributed by atoms with Gasteiger partial charge in [0.25, 0.3) is 0 Å². The van der Waals surface area contributed by atoms with Gasteiger partial charge >= 0.3 is 0 Å². The van der Waals surface area contributed by atoms with Crippen molar-refractivity contribution in [3.8, 4) is 11.3 Å². The predicted octanol–water partition coefficient (Wildman–Crippen LogP) is 6.38. The molecule has 0 amide bonds. The van der Waals surface area contributed by atoms with Crippen molar-refractivity contribution in [3.05, 3.63) is 76.6 Å². The highest BCUT2D eigenvalue weighted by Crippen LogP contribution is 2.31. The van der Waals surface area contributed by atoms with Crippen LogP contribution in [0.4, 0.5) is 14.6 Å². The van der Waals surface area contributed by atoms with Crippen LogP contribution in [0.15, 0.2) is 48.7 Å². The number of hydrogen-bond donors (Lipinski definition) is 2. The second-order valence-corrected chi connectivity index (χ2v) is 8.56. The summed E-state index contributed by atoms with van der Waals surface area (Å²) in [6, 6.07) is 11.4. The van der Waals surface area contributed by atoms with Gasteiger partial charge in [0, 0.05) is 30.0 Å². The predicted molar refractivity (Wildman–Crippen MR) is 127 cm³/mol. The first-order valence-electron chi connectivity index (χ1n) is 10.5. The van der Waals surface area contributed by atoms with Gasteiger partial charge in [-0.25, -0.2) is 13.8 Å². The summed E-state index contributed by atoms with van der Waals surface area (Å²) in [6.07, 6.45) is 6.79. The van der Waals surface area contributed by atoms with Crippen molar-refractivity contribution in [1.82, 2.24) is 9.97 Å². The molecule has 0 unspecified atom stereocenters. The number of nitrogens with zero attached hydrogens (tertiary/aromatic N) is 2. The van der Waals surface area contributed by atoms with Crippen LogP contribution in [0.1, 0.15) is 44.4 Å². The summed E-state index contributed by atoms with van der Waals surface area (Å²) in [5, 5.41) is 3.41. The van der Waals surface area contributed by atoms with Gasteiger partial charge in [0.2, 0.25) is 0 Å². The van der Waals surface area contributed by atoms with Crippen molar-refractivity contribution >= 4 is 17.4 Å². The molecular formula is C25H29ClF2N4. The zero-order valence-electron chi connectivity index (χ0n) is 17.1. The molecule has 1 saturated carbocycles. The highest BCUT2D eigenvalue weighted by molar-refractivity contribution is 6.33. The molecule has 2 aromatic heterocycles. The number of rotatable bonds is 6. The molecule has 3 aromatic rings. The van der Waals surface area contributed by atoms with Crippen LogP contribution in [-0.4, -0.2) is 16.0 Å². The van der Waals surface area contributed by atoms with E-state index in [-0.39, 0.29) is 25.6 Å². The number of aromatic nitrogens is 2. The molecule has 1 fully saturated rings. The number of nitrogens with two attached hydrogens (primary N) is 1. The normalized spacial score (nSPS) is 18.1. The average molecular weight is 459 g/mol. The summed E-state index contributed by atoms with van der Waals surface area (Å²) >= 11 is 6.40. The van der Waals surface area contributed by atoms with E-state index in [2.05, 4.69) is 15.3 Å². The first kappa shape index (κ1) is 24.1. The Labute approximate surface area is 193 Å². The van der Waals surface area contributed by atoms with Gasteiger partial charge in [-0.3, -0.25) is 4.98 Å². The third-order valence-corrected chi connectivity index (χ3v) is 6.07. The zero-order valence-corrected chi connectivity index (χ0v) is 17.9. The van der Waals surface area contributed by atoms with Gasteiger partial charge in [0.1, 0.15) is 5.82 Å². The number of halogens is 3. The fourth-order valence-electron chi connectivity index (χ4n) is 4.03. The molecule has 0 atom stereocenters. The van der Waals surface area contributed by atoms with Gasteiger partial charge in [-0.05, 0) is 73.9 Å². The van der Waals surface area contributed by atoms with Gasteiger partial charge in [-0.2, -0.15) is 0 Å². The lowest BCUT2D eigenvalue weighted by atomic mass is 9.83. The summed E-state index contributed by atoms with van der Waals surface area (Å²) < 4.78 is 27.7. The summed E-state index contributed by atoms with van der Waals surface area (Å²) in [6.45, 7) is 0.254. The van der Waals surface area contributed by atoms with Gasteiger partial charge in [0.05, 0.1) is 10.7 Å². The molecule has 7 heteroatoms. The van der Waals surface area contributed by atoms with E-state index in [0.29, 0.717) is 33.8 Å². The van der Waals surface area contributed by atoms with E-state index in [1.165, 1.54) is 18.2 Å². The third kappa shape index (κ3) is 6.02. The van der Waals surface area contributed by atoms with Crippen molar-refractivity contribution in [1.29, 1.82) is 0 Å². The molecule has 3 N–H and O–H groups in total. The molecule has 2 heterocycles. The van der Waals surface area contributed by atoms with Crippen molar-refractivity contribution in [2.75, 3.05) is 5.32 Å². The lowest BCUT2D eigenvalue weighted by molar-refractivity contribution is 0.323. The van der Waals surface area contributed by atoms with Crippen LogP contribution in [-0.2, 0) is 13.0 Å². The van der Waals surface area contributed by atoms with Crippen molar-refractivity contribution in [2.45, 2.75) is 52.1 Å². The van der Waals surface area contributed by atoms with Gasteiger partial charge in [0.15, 0.2) is 11.6 Å². The molecule has 1 aliphatic carbocycles. The van der Waals surface area contributed by atoms with Crippen LogP contribution in [0.25, 0.3) is 11.3 Å². The summed E-state index contributed by atoms with van der Waals surface area (Å²) in [5.74, 6) is -0.162. The van der Waals surface area contributed by atoms with Crippen LogP contribution in [0.5, 0.6) is 0 Å². The molecule has 0 spiro atoms. The first-order chi connectivity index (χ1) is 15.0. The number of anilines is 1. The van der Waals surface area contributed by atoms with Crippen molar-refractivity contribution < 1.29 is 8.78 Å². The zero-order chi connectivity index (χ0) is 21.8. The van der Waals surface area contributed by atoms with E-state index < -0.39 is 5.82 Å². The lowest BCUT2D eigenvalue weighted by Crippen LogP contribution is -2.27. The van der Waals surface area contributed by atoms with Crippen molar-refractivity contribution in [3.63, 3.8) is 0 Å². The maximum Gasteiger partial charge on any atom is 0.165 e. The van der Waals surface area contributed by atoms with E-state index in [9.17, 15) is 8.78 Å². The number of nitrogens with one attached hydrogen (secondary N) is 1. The van der Waals surface area contributed by atoms with Gasteiger partial charge in [-0.1, -0.05) is 31.2 Å². The van der Waals surface area contributed by atoms with E-state index in [4.69, 9.17) is 17.3 Å². The van der Waals surface area contributed by atoms with E-state index in [1.807, 2.05) is 6.07 Å². The molecule has 170 valence electrons. The molecule has 1 aromatic carbocycles. The molecule has 0 aliphatic heterocycles. The van der Waals surface area contributed by atoms with Crippen LogP contribution in [0.3, 0.4) is 0 Å². The SMILES string of the molecule is C.NC1CCC(Cc2cc(-c3ccc(F)c(NCc4cccc(F)c4)n3)c(Cl)cn2)CC1. The fraction of sp³-hybridized carbons (Fsp3) is 0.360. The molecular weight excluding hydrogens is 430 g/mol. The van der Waals surface area contributed by atoms with Crippen LogP contribution in [0, 0.1) is 17.6 Å². The standard InChI is InChI=1S/C24H25ClF2N4.CH4/c25-21-14-29-19(11-15-4-6-18(28)7-5-15)12-20(21)23-9-8-22(27)24(31-23)30-13-16-2-1-3-17(26)10-16;/h1-3,8-10,12,14-15,18H,4-7,11,13,28H2,(H,30,31);1H4. The van der Waals surface area contributed by atoms with Crippen LogP contribution >= 0.6 is 11.6 Å². The molecule has 0 bridgehead atoms. The van der Waals surface area contributed by atoms with Gasteiger partial charge < -0.3 is 11.1 Å². The Bertz CT molecular complexity index is 1050. The smallest absolute Gasteiger partial charge is 0.165 e. The molecule has 32 heavy (non-hydrogen) atoms. The highest BCUT2D eigenvalue weighted by Gasteiger charge is 2.20. The number of benzene rings is 1. The lowest BCUT2D eigenvalue weighted by Gasteiger charge is -2.25. The summed E-state index contributed by atoms with van der Waals surface area (Å²) in [7, 11) is 0. The Kier molecular flexibility index (Phi) is 8.15. The second kappa shape index (κ2) is 10.8. The largest absolute Gasteiger partial charge is 0.364 e.